The quantitative estimate of drug-likeness (QED) is 0.254. The van der Waals surface area contributed by atoms with Crippen LogP contribution in [-0.2, 0) is 19.6 Å². The van der Waals surface area contributed by atoms with Crippen LogP contribution in [0.25, 0.3) is 0 Å². The highest BCUT2D eigenvalue weighted by Crippen LogP contribution is 2.30. The Kier molecular flexibility index (Phi) is 8.86. The van der Waals surface area contributed by atoms with Crippen LogP contribution >= 0.6 is 0 Å². The molecule has 37 heavy (non-hydrogen) atoms. The predicted octanol–water partition coefficient (Wildman–Crippen LogP) is 3.41. The van der Waals surface area contributed by atoms with E-state index in [1.165, 1.54) is 55.6 Å². The number of aliphatic carboxylic acids is 1. The third kappa shape index (κ3) is 6.85. The van der Waals surface area contributed by atoms with Gasteiger partial charge in [0, 0.05) is 5.56 Å². The summed E-state index contributed by atoms with van der Waals surface area (Å²) in [6, 6.07) is 18.2. The third-order valence-electron chi connectivity index (χ3n) is 5.38. The number of hydrogen-bond acceptors (Lipinski definition) is 7. The molecule has 0 fully saturated rings. The van der Waals surface area contributed by atoms with Crippen LogP contribution in [0.4, 0.5) is 5.69 Å². The number of hydrogen-bond donors (Lipinski definition) is 3. The van der Waals surface area contributed by atoms with Crippen LogP contribution in [0.2, 0.25) is 0 Å². The summed E-state index contributed by atoms with van der Waals surface area (Å²) in [4.78, 5) is 35.7. The summed E-state index contributed by atoms with van der Waals surface area (Å²) < 4.78 is 39.0. The summed E-state index contributed by atoms with van der Waals surface area (Å²) in [5.74, 6) is -2.35. The summed E-state index contributed by atoms with van der Waals surface area (Å²) in [7, 11) is -2.60. The first-order valence-corrected chi connectivity index (χ1v) is 12.7. The zero-order valence-corrected chi connectivity index (χ0v) is 20.9. The van der Waals surface area contributed by atoms with Gasteiger partial charge in [0.15, 0.2) is 0 Å². The van der Waals surface area contributed by atoms with E-state index < -0.39 is 40.3 Å². The number of sulfonamides is 1. The summed E-state index contributed by atoms with van der Waals surface area (Å²) in [5, 5.41) is 10.9. The van der Waals surface area contributed by atoms with Crippen molar-refractivity contribution in [1.29, 1.82) is 0 Å². The second-order valence-electron chi connectivity index (χ2n) is 7.82. The molecule has 11 heteroatoms. The van der Waals surface area contributed by atoms with Gasteiger partial charge in [-0.25, -0.2) is 8.42 Å². The maximum atomic E-state index is 12.9. The molecule has 0 bridgehead atoms. The Hall–Kier alpha value is -4.38. The number of nitrogens with one attached hydrogen (secondary N) is 2. The van der Waals surface area contributed by atoms with Crippen molar-refractivity contribution in [3.63, 3.8) is 0 Å². The van der Waals surface area contributed by atoms with Crippen LogP contribution in [0.1, 0.15) is 35.2 Å². The molecule has 0 aliphatic carbocycles. The lowest BCUT2D eigenvalue weighted by Gasteiger charge is -2.17. The molecular formula is C26H26N2O8S. The molecule has 0 saturated heterocycles. The Balaban J connectivity index is 1.75. The van der Waals surface area contributed by atoms with E-state index in [4.69, 9.17) is 14.6 Å². The first-order chi connectivity index (χ1) is 17.7. The molecule has 1 atom stereocenters. The van der Waals surface area contributed by atoms with Crippen LogP contribution in [-0.4, -0.2) is 45.0 Å². The fraction of sp³-hybridized carbons (Fsp3) is 0.192. The standard InChI is InChI=1S/C26H26N2O8S/c1-3-19(20-8-5-7-11-23(20)35-2)26(32)36-17-12-14-18(15-13-17)37(33,34)28-22-10-6-4-9-21(22)25(31)27-16-24(29)30/h4-15,19,28H,3,16H2,1-2H3,(H,27,31)(H,29,30). The van der Waals surface area contributed by atoms with Gasteiger partial charge in [-0.05, 0) is 48.9 Å². The molecule has 1 unspecified atom stereocenters. The van der Waals surface area contributed by atoms with Gasteiger partial charge in [-0.1, -0.05) is 37.3 Å². The number of anilines is 1. The lowest BCUT2D eigenvalue weighted by Crippen LogP contribution is -2.30. The van der Waals surface area contributed by atoms with Gasteiger partial charge in [0.05, 0.1) is 29.2 Å². The van der Waals surface area contributed by atoms with Gasteiger partial charge in [-0.3, -0.25) is 19.1 Å². The number of carboxylic acid groups (broad SMARTS) is 1. The Labute approximate surface area is 214 Å². The Morgan fingerprint density at radius 2 is 1.59 bits per heavy atom. The Morgan fingerprint density at radius 1 is 0.946 bits per heavy atom. The molecule has 10 nitrogen and oxygen atoms in total. The smallest absolute Gasteiger partial charge is 0.322 e. The van der Waals surface area contributed by atoms with Gasteiger partial charge in [-0.15, -0.1) is 0 Å². The third-order valence-corrected chi connectivity index (χ3v) is 6.76. The second-order valence-corrected chi connectivity index (χ2v) is 9.51. The molecule has 0 heterocycles. The van der Waals surface area contributed by atoms with Crippen LogP contribution < -0.4 is 19.5 Å². The van der Waals surface area contributed by atoms with E-state index in [1.807, 2.05) is 6.92 Å². The van der Waals surface area contributed by atoms with E-state index in [0.717, 1.165) is 0 Å². The predicted molar refractivity (Wildman–Crippen MR) is 135 cm³/mol. The van der Waals surface area contributed by atoms with Gasteiger partial charge in [0.25, 0.3) is 15.9 Å². The van der Waals surface area contributed by atoms with Crippen molar-refractivity contribution in [3.05, 3.63) is 83.9 Å². The largest absolute Gasteiger partial charge is 0.496 e. The van der Waals surface area contributed by atoms with E-state index in [1.54, 1.807) is 24.3 Å². The molecule has 3 rings (SSSR count). The molecule has 0 aromatic heterocycles. The molecule has 0 saturated carbocycles. The fourth-order valence-electron chi connectivity index (χ4n) is 3.57. The highest BCUT2D eigenvalue weighted by atomic mass is 32.2. The summed E-state index contributed by atoms with van der Waals surface area (Å²) in [6.45, 7) is 1.23. The minimum absolute atomic E-state index is 0.0245. The molecular weight excluding hydrogens is 500 g/mol. The average molecular weight is 527 g/mol. The lowest BCUT2D eigenvalue weighted by molar-refractivity contribution is -0.137. The Bertz CT molecular complexity index is 1390. The molecule has 3 aromatic rings. The first kappa shape index (κ1) is 27.2. The Morgan fingerprint density at radius 3 is 2.24 bits per heavy atom. The van der Waals surface area contributed by atoms with Crippen molar-refractivity contribution in [2.75, 3.05) is 18.4 Å². The number of rotatable bonds is 11. The van der Waals surface area contributed by atoms with Crippen molar-refractivity contribution in [2.45, 2.75) is 24.2 Å². The maximum absolute atomic E-state index is 12.9. The number of carbonyl (C=O) groups is 3. The summed E-state index contributed by atoms with van der Waals surface area (Å²) in [5.41, 5.74) is 0.621. The van der Waals surface area contributed by atoms with Crippen molar-refractivity contribution >= 4 is 33.6 Å². The van der Waals surface area contributed by atoms with E-state index in [2.05, 4.69) is 10.0 Å². The van der Waals surface area contributed by atoms with E-state index in [-0.39, 0.29) is 21.9 Å². The lowest BCUT2D eigenvalue weighted by atomic mass is 9.95. The van der Waals surface area contributed by atoms with Crippen LogP contribution in [0.3, 0.4) is 0 Å². The van der Waals surface area contributed by atoms with Crippen molar-refractivity contribution < 1.29 is 37.4 Å². The van der Waals surface area contributed by atoms with Gasteiger partial charge in [0.2, 0.25) is 0 Å². The number of para-hydroxylation sites is 2. The number of methoxy groups -OCH3 is 1. The zero-order valence-electron chi connectivity index (χ0n) is 20.1. The number of carbonyl (C=O) groups excluding carboxylic acids is 2. The average Bonchev–Trinajstić information content (AvgIpc) is 2.88. The fourth-order valence-corrected chi connectivity index (χ4v) is 4.65. The molecule has 0 radical (unpaired) electrons. The minimum Gasteiger partial charge on any atom is -0.496 e. The normalized spacial score (nSPS) is 11.7. The number of amides is 1. The molecule has 0 aliphatic rings. The van der Waals surface area contributed by atoms with Crippen molar-refractivity contribution in [2.24, 2.45) is 0 Å². The van der Waals surface area contributed by atoms with Crippen molar-refractivity contribution in [1.82, 2.24) is 5.32 Å². The van der Waals surface area contributed by atoms with E-state index >= 15 is 0 Å². The monoisotopic (exact) mass is 526 g/mol. The first-order valence-electron chi connectivity index (χ1n) is 11.2. The molecule has 1 amide bonds. The zero-order chi connectivity index (χ0) is 27.0. The van der Waals surface area contributed by atoms with Gasteiger partial charge in [-0.2, -0.15) is 0 Å². The number of esters is 1. The highest BCUT2D eigenvalue weighted by molar-refractivity contribution is 7.92. The van der Waals surface area contributed by atoms with Crippen LogP contribution in [0.15, 0.2) is 77.7 Å². The maximum Gasteiger partial charge on any atom is 0.322 e. The molecule has 3 aromatic carbocycles. The van der Waals surface area contributed by atoms with E-state index in [9.17, 15) is 22.8 Å². The minimum atomic E-state index is -4.12. The van der Waals surface area contributed by atoms with Gasteiger partial charge < -0.3 is 19.9 Å². The topological polar surface area (TPSA) is 148 Å². The molecule has 3 N–H and O–H groups in total. The van der Waals surface area contributed by atoms with Crippen LogP contribution in [0.5, 0.6) is 11.5 Å². The number of ether oxygens (including phenoxy) is 2. The molecule has 0 aliphatic heterocycles. The highest BCUT2D eigenvalue weighted by Gasteiger charge is 2.25. The molecule has 194 valence electrons. The SMILES string of the molecule is CCC(C(=O)Oc1ccc(S(=O)(=O)Nc2ccccc2C(=O)NCC(=O)O)cc1)c1ccccc1OC. The van der Waals surface area contributed by atoms with Crippen molar-refractivity contribution in [3.8, 4) is 11.5 Å². The van der Waals surface area contributed by atoms with Crippen LogP contribution in [0, 0.1) is 0 Å². The number of benzene rings is 3. The number of carboxylic acids is 1. The molecule has 0 spiro atoms. The summed E-state index contributed by atoms with van der Waals surface area (Å²) >= 11 is 0. The van der Waals surface area contributed by atoms with Gasteiger partial charge in [0.1, 0.15) is 18.0 Å². The summed E-state index contributed by atoms with van der Waals surface area (Å²) in [6.07, 6.45) is 0.467. The second kappa shape index (κ2) is 12.0. The van der Waals surface area contributed by atoms with Gasteiger partial charge >= 0.3 is 11.9 Å². The van der Waals surface area contributed by atoms with E-state index in [0.29, 0.717) is 17.7 Å².